The highest BCUT2D eigenvalue weighted by Gasteiger charge is 2.16. The molecule has 25 heavy (non-hydrogen) atoms. The lowest BCUT2D eigenvalue weighted by atomic mass is 10.2. The summed E-state index contributed by atoms with van der Waals surface area (Å²) in [6.45, 7) is 1.09. The Morgan fingerprint density at radius 1 is 1.04 bits per heavy atom. The number of carbonyl (C=O) groups excluding carboxylic acids is 1. The first-order valence-corrected chi connectivity index (χ1v) is 7.96. The van der Waals surface area contributed by atoms with Gasteiger partial charge >= 0.3 is 5.97 Å². The summed E-state index contributed by atoms with van der Waals surface area (Å²) in [6, 6.07) is 16.6. The molecule has 2 aromatic carbocycles. The summed E-state index contributed by atoms with van der Waals surface area (Å²) in [5.41, 5.74) is 2.05. The zero-order valence-corrected chi connectivity index (χ0v) is 13.4. The van der Waals surface area contributed by atoms with Gasteiger partial charge in [-0.2, -0.15) is 5.10 Å². The van der Waals surface area contributed by atoms with E-state index in [1.54, 1.807) is 22.9 Å². The van der Waals surface area contributed by atoms with Crippen molar-refractivity contribution in [2.45, 2.75) is 6.61 Å². The van der Waals surface area contributed by atoms with Crippen LogP contribution >= 0.6 is 0 Å². The zero-order valence-electron chi connectivity index (χ0n) is 13.4. The number of para-hydroxylation sites is 1. The van der Waals surface area contributed by atoms with Crippen molar-refractivity contribution in [3.63, 3.8) is 0 Å². The van der Waals surface area contributed by atoms with Gasteiger partial charge in [-0.3, -0.25) is 0 Å². The monoisotopic (exact) mass is 336 g/mol. The predicted molar refractivity (Wildman–Crippen MR) is 90.1 cm³/mol. The number of carbonyl (C=O) groups is 1. The molecule has 0 saturated carbocycles. The molecular formula is C19H16N2O4. The Hall–Kier alpha value is -3.28. The van der Waals surface area contributed by atoms with Crippen molar-refractivity contribution >= 4 is 5.97 Å². The number of benzene rings is 2. The van der Waals surface area contributed by atoms with Crippen LogP contribution in [0, 0.1) is 0 Å². The molecule has 0 N–H and O–H groups in total. The molecule has 0 amide bonds. The van der Waals surface area contributed by atoms with E-state index in [-0.39, 0.29) is 6.61 Å². The van der Waals surface area contributed by atoms with E-state index in [4.69, 9.17) is 14.2 Å². The molecule has 1 aromatic heterocycles. The van der Waals surface area contributed by atoms with Gasteiger partial charge in [0.1, 0.15) is 25.5 Å². The van der Waals surface area contributed by atoms with E-state index in [2.05, 4.69) is 5.10 Å². The van der Waals surface area contributed by atoms with Crippen LogP contribution in [0.1, 0.15) is 16.1 Å². The lowest BCUT2D eigenvalue weighted by molar-refractivity contribution is 0.0466. The SMILES string of the molecule is O=C(OCc1ccn(-c2ccccc2)n1)c1ccc2c(c1)OCCO2. The molecule has 0 fully saturated rings. The quantitative estimate of drug-likeness (QED) is 0.686. The third kappa shape index (κ3) is 3.33. The highest BCUT2D eigenvalue weighted by molar-refractivity contribution is 5.90. The van der Waals surface area contributed by atoms with Gasteiger partial charge in [0.05, 0.1) is 11.3 Å². The first-order valence-electron chi connectivity index (χ1n) is 7.96. The van der Waals surface area contributed by atoms with Gasteiger partial charge in [-0.05, 0) is 36.4 Å². The van der Waals surface area contributed by atoms with E-state index in [1.165, 1.54) is 0 Å². The minimum Gasteiger partial charge on any atom is -0.486 e. The average Bonchev–Trinajstić information content (AvgIpc) is 3.15. The summed E-state index contributed by atoms with van der Waals surface area (Å²) in [5.74, 6) is 0.782. The van der Waals surface area contributed by atoms with Gasteiger partial charge in [0, 0.05) is 6.20 Å². The second-order valence-electron chi connectivity index (χ2n) is 5.52. The molecular weight excluding hydrogens is 320 g/mol. The molecule has 0 aliphatic carbocycles. The van der Waals surface area contributed by atoms with Gasteiger partial charge < -0.3 is 14.2 Å². The Labute approximate surface area is 144 Å². The van der Waals surface area contributed by atoms with E-state index in [1.807, 2.05) is 42.6 Å². The van der Waals surface area contributed by atoms with Crippen LogP contribution in [-0.4, -0.2) is 29.0 Å². The van der Waals surface area contributed by atoms with Crippen molar-refractivity contribution in [2.75, 3.05) is 13.2 Å². The normalized spacial score (nSPS) is 12.6. The number of rotatable bonds is 4. The Kier molecular flexibility index (Phi) is 4.08. The number of hydrogen-bond donors (Lipinski definition) is 0. The van der Waals surface area contributed by atoms with Gasteiger partial charge in [-0.15, -0.1) is 0 Å². The highest BCUT2D eigenvalue weighted by atomic mass is 16.6. The van der Waals surface area contributed by atoms with E-state index < -0.39 is 5.97 Å². The van der Waals surface area contributed by atoms with Gasteiger partial charge in [-0.1, -0.05) is 18.2 Å². The summed E-state index contributed by atoms with van der Waals surface area (Å²) in [5, 5.41) is 4.41. The smallest absolute Gasteiger partial charge is 0.338 e. The fraction of sp³-hybridized carbons (Fsp3) is 0.158. The molecule has 0 saturated heterocycles. The first kappa shape index (κ1) is 15.3. The van der Waals surface area contributed by atoms with Crippen LogP contribution in [0.25, 0.3) is 5.69 Å². The molecule has 0 radical (unpaired) electrons. The summed E-state index contributed by atoms with van der Waals surface area (Å²) >= 11 is 0. The number of esters is 1. The first-order chi connectivity index (χ1) is 12.3. The number of aromatic nitrogens is 2. The Bertz CT molecular complexity index is 889. The third-order valence-electron chi connectivity index (χ3n) is 3.79. The molecule has 0 unspecified atom stereocenters. The van der Waals surface area contributed by atoms with E-state index >= 15 is 0 Å². The Morgan fingerprint density at radius 2 is 1.84 bits per heavy atom. The summed E-state index contributed by atoms with van der Waals surface area (Å²) in [6.07, 6.45) is 1.84. The van der Waals surface area contributed by atoms with Gasteiger partial charge in [-0.25, -0.2) is 9.48 Å². The molecule has 2 heterocycles. The fourth-order valence-electron chi connectivity index (χ4n) is 2.56. The summed E-state index contributed by atoms with van der Waals surface area (Å²) < 4.78 is 18.0. The summed E-state index contributed by atoms with van der Waals surface area (Å²) in [7, 11) is 0. The molecule has 126 valence electrons. The van der Waals surface area contributed by atoms with Crippen molar-refractivity contribution in [1.82, 2.24) is 9.78 Å². The van der Waals surface area contributed by atoms with Crippen LogP contribution in [0.3, 0.4) is 0 Å². The molecule has 0 spiro atoms. The third-order valence-corrected chi connectivity index (χ3v) is 3.79. The average molecular weight is 336 g/mol. The lowest BCUT2D eigenvalue weighted by Gasteiger charge is -2.18. The zero-order chi connectivity index (χ0) is 17.1. The maximum atomic E-state index is 12.2. The molecule has 1 aliphatic rings. The van der Waals surface area contributed by atoms with Gasteiger partial charge in [0.15, 0.2) is 11.5 Å². The Balaban J connectivity index is 1.41. The van der Waals surface area contributed by atoms with Gasteiger partial charge in [0.25, 0.3) is 0 Å². The van der Waals surface area contributed by atoms with Crippen molar-refractivity contribution in [3.05, 3.63) is 72.1 Å². The Morgan fingerprint density at radius 3 is 2.68 bits per heavy atom. The van der Waals surface area contributed by atoms with Crippen molar-refractivity contribution in [3.8, 4) is 17.2 Å². The number of hydrogen-bond acceptors (Lipinski definition) is 5. The van der Waals surface area contributed by atoms with Crippen LogP contribution < -0.4 is 9.47 Å². The van der Waals surface area contributed by atoms with Crippen LogP contribution in [0.4, 0.5) is 0 Å². The standard InChI is InChI=1S/C19H16N2O4/c22-19(14-6-7-17-18(12-14)24-11-10-23-17)25-13-15-8-9-21(20-15)16-4-2-1-3-5-16/h1-9,12H,10-11,13H2. The molecule has 3 aromatic rings. The van der Waals surface area contributed by atoms with Crippen LogP contribution in [0.2, 0.25) is 0 Å². The molecule has 4 rings (SSSR count). The second kappa shape index (κ2) is 6.68. The molecule has 1 aliphatic heterocycles. The van der Waals surface area contributed by atoms with Crippen molar-refractivity contribution < 1.29 is 19.0 Å². The second-order valence-corrected chi connectivity index (χ2v) is 5.52. The maximum Gasteiger partial charge on any atom is 0.338 e. The molecule has 0 bridgehead atoms. The van der Waals surface area contributed by atoms with Crippen molar-refractivity contribution in [2.24, 2.45) is 0 Å². The number of fused-ring (bicyclic) bond motifs is 1. The molecule has 6 heteroatoms. The van der Waals surface area contributed by atoms with E-state index in [0.29, 0.717) is 36.0 Å². The summed E-state index contributed by atoms with van der Waals surface area (Å²) in [4.78, 5) is 12.2. The van der Waals surface area contributed by atoms with E-state index in [0.717, 1.165) is 5.69 Å². The van der Waals surface area contributed by atoms with Crippen LogP contribution in [0.5, 0.6) is 11.5 Å². The van der Waals surface area contributed by atoms with Crippen LogP contribution in [-0.2, 0) is 11.3 Å². The minimum atomic E-state index is -0.425. The maximum absolute atomic E-state index is 12.2. The number of nitrogens with zero attached hydrogens (tertiary/aromatic N) is 2. The van der Waals surface area contributed by atoms with Crippen molar-refractivity contribution in [1.29, 1.82) is 0 Å². The topological polar surface area (TPSA) is 62.6 Å². The van der Waals surface area contributed by atoms with Gasteiger partial charge in [0.2, 0.25) is 0 Å². The largest absolute Gasteiger partial charge is 0.486 e. The lowest BCUT2D eigenvalue weighted by Crippen LogP contribution is -2.16. The van der Waals surface area contributed by atoms with E-state index in [9.17, 15) is 4.79 Å². The van der Waals surface area contributed by atoms with Crippen LogP contribution in [0.15, 0.2) is 60.8 Å². The molecule has 0 atom stereocenters. The predicted octanol–water partition coefficient (Wildman–Crippen LogP) is 3.00. The fourth-order valence-corrected chi connectivity index (χ4v) is 2.56. The number of ether oxygens (including phenoxy) is 3. The molecule has 6 nitrogen and oxygen atoms in total. The highest BCUT2D eigenvalue weighted by Crippen LogP contribution is 2.30. The minimum absolute atomic E-state index is 0.104.